The van der Waals surface area contributed by atoms with Gasteiger partial charge in [-0.3, -0.25) is 4.40 Å². The highest BCUT2D eigenvalue weighted by molar-refractivity contribution is 6.33. The Morgan fingerprint density at radius 2 is 1.91 bits per heavy atom. The second-order valence-corrected chi connectivity index (χ2v) is 5.62. The van der Waals surface area contributed by atoms with E-state index in [-0.39, 0.29) is 0 Å². The number of benzene rings is 2. The van der Waals surface area contributed by atoms with Crippen LogP contribution in [0.3, 0.4) is 0 Å². The van der Waals surface area contributed by atoms with Crippen LogP contribution in [0, 0.1) is 6.92 Å². The summed E-state index contributed by atoms with van der Waals surface area (Å²) >= 11 is 6.36. The summed E-state index contributed by atoms with van der Waals surface area (Å²) in [5.74, 6) is 1.50. The highest BCUT2D eigenvalue weighted by Crippen LogP contribution is 2.30. The molecule has 0 amide bonds. The smallest absolute Gasteiger partial charge is 0.183 e. The number of ether oxygens (including phenoxy) is 1. The molecule has 0 fully saturated rings. The van der Waals surface area contributed by atoms with Gasteiger partial charge in [0.15, 0.2) is 5.65 Å². The first-order valence-corrected chi connectivity index (χ1v) is 7.51. The fourth-order valence-electron chi connectivity index (χ4n) is 2.69. The van der Waals surface area contributed by atoms with E-state index < -0.39 is 0 Å². The molecule has 6 heteroatoms. The molecule has 0 aliphatic carbocycles. The minimum absolute atomic E-state index is 0.651. The molecule has 2 aromatic heterocycles. The number of fused-ring (bicyclic) bond motifs is 3. The molecule has 0 N–H and O–H groups in total. The van der Waals surface area contributed by atoms with E-state index in [2.05, 4.69) is 15.2 Å². The van der Waals surface area contributed by atoms with Crippen LogP contribution >= 0.6 is 11.6 Å². The van der Waals surface area contributed by atoms with Crippen LogP contribution in [-0.4, -0.2) is 26.7 Å². The molecule has 0 aliphatic heterocycles. The monoisotopic (exact) mass is 324 g/mol. The first-order valence-electron chi connectivity index (χ1n) is 7.13. The first-order chi connectivity index (χ1) is 11.2. The predicted octanol–water partition coefficient (Wildman–Crippen LogP) is 3.91. The fourth-order valence-corrected chi connectivity index (χ4v) is 2.91. The van der Waals surface area contributed by atoms with Crippen molar-refractivity contribution >= 4 is 28.3 Å². The molecule has 0 bridgehead atoms. The van der Waals surface area contributed by atoms with Crippen LogP contribution in [-0.2, 0) is 0 Å². The van der Waals surface area contributed by atoms with Crippen LogP contribution in [0.2, 0.25) is 5.02 Å². The summed E-state index contributed by atoms with van der Waals surface area (Å²) < 4.78 is 7.24. The van der Waals surface area contributed by atoms with Gasteiger partial charge in [0, 0.05) is 11.6 Å². The van der Waals surface area contributed by atoms with Gasteiger partial charge in [-0.1, -0.05) is 23.7 Å². The second kappa shape index (κ2) is 5.21. The van der Waals surface area contributed by atoms with Crippen molar-refractivity contribution in [1.29, 1.82) is 0 Å². The van der Waals surface area contributed by atoms with Crippen LogP contribution in [0.1, 0.15) is 5.69 Å². The average molecular weight is 325 g/mol. The number of halogens is 1. The van der Waals surface area contributed by atoms with Gasteiger partial charge in [-0.2, -0.15) is 0 Å². The molecule has 0 atom stereocenters. The molecule has 2 aromatic carbocycles. The standard InChI is InChI=1S/C17H13ClN4O/c1-10-16-21-20-14-9-11(23-2)7-8-15(14)22(16)17(19-10)12-5-3-4-6-13(12)18/h3-9H,1-2H3. The van der Waals surface area contributed by atoms with Crippen LogP contribution in [0.15, 0.2) is 42.5 Å². The van der Waals surface area contributed by atoms with Crippen LogP contribution in [0.4, 0.5) is 0 Å². The number of hydrogen-bond donors (Lipinski definition) is 0. The number of imidazole rings is 1. The third kappa shape index (κ3) is 2.12. The Morgan fingerprint density at radius 1 is 1.09 bits per heavy atom. The number of aromatic nitrogens is 4. The summed E-state index contributed by atoms with van der Waals surface area (Å²) in [5, 5.41) is 9.25. The molecule has 0 radical (unpaired) electrons. The fraction of sp³-hybridized carbons (Fsp3) is 0.118. The van der Waals surface area contributed by atoms with E-state index in [1.54, 1.807) is 7.11 Å². The van der Waals surface area contributed by atoms with Crippen molar-refractivity contribution < 1.29 is 4.74 Å². The maximum Gasteiger partial charge on any atom is 0.183 e. The summed E-state index contributed by atoms with van der Waals surface area (Å²) in [6.07, 6.45) is 0. The third-order valence-electron chi connectivity index (χ3n) is 3.81. The Balaban J connectivity index is 2.13. The molecular weight excluding hydrogens is 312 g/mol. The van der Waals surface area contributed by atoms with Gasteiger partial charge in [-0.25, -0.2) is 4.98 Å². The van der Waals surface area contributed by atoms with Gasteiger partial charge in [-0.15, -0.1) is 10.2 Å². The van der Waals surface area contributed by atoms with E-state index in [4.69, 9.17) is 16.3 Å². The minimum Gasteiger partial charge on any atom is -0.497 e. The Bertz CT molecular complexity index is 1040. The van der Waals surface area contributed by atoms with Gasteiger partial charge in [0.25, 0.3) is 0 Å². The summed E-state index contributed by atoms with van der Waals surface area (Å²) in [4.78, 5) is 4.66. The zero-order valence-corrected chi connectivity index (χ0v) is 13.4. The van der Waals surface area contributed by atoms with Crippen molar-refractivity contribution in [2.75, 3.05) is 7.11 Å². The first kappa shape index (κ1) is 14.0. The average Bonchev–Trinajstić information content (AvgIpc) is 2.92. The van der Waals surface area contributed by atoms with Gasteiger partial charge in [0.2, 0.25) is 0 Å². The third-order valence-corrected chi connectivity index (χ3v) is 4.14. The lowest BCUT2D eigenvalue weighted by atomic mass is 10.2. The van der Waals surface area contributed by atoms with Crippen molar-refractivity contribution in [2.24, 2.45) is 0 Å². The van der Waals surface area contributed by atoms with E-state index in [0.29, 0.717) is 5.02 Å². The number of aryl methyl sites for hydroxylation is 1. The van der Waals surface area contributed by atoms with Crippen molar-refractivity contribution in [3.8, 4) is 17.1 Å². The molecule has 23 heavy (non-hydrogen) atoms. The van der Waals surface area contributed by atoms with Crippen molar-refractivity contribution in [3.05, 3.63) is 53.2 Å². The Morgan fingerprint density at radius 3 is 2.70 bits per heavy atom. The van der Waals surface area contributed by atoms with Crippen LogP contribution in [0.5, 0.6) is 5.75 Å². The zero-order valence-electron chi connectivity index (χ0n) is 12.6. The molecule has 4 rings (SSSR count). The second-order valence-electron chi connectivity index (χ2n) is 5.21. The van der Waals surface area contributed by atoms with Crippen molar-refractivity contribution in [3.63, 3.8) is 0 Å². The lowest BCUT2D eigenvalue weighted by molar-refractivity contribution is 0.415. The molecule has 0 unspecified atom stereocenters. The van der Waals surface area contributed by atoms with Gasteiger partial charge >= 0.3 is 0 Å². The molecule has 0 aliphatic rings. The minimum atomic E-state index is 0.651. The number of methoxy groups -OCH3 is 1. The molecular formula is C17H13ClN4O. The molecule has 0 saturated heterocycles. The summed E-state index contributed by atoms with van der Waals surface area (Å²) in [5.41, 5.74) is 4.04. The van der Waals surface area contributed by atoms with E-state index in [1.165, 1.54) is 0 Å². The topological polar surface area (TPSA) is 52.3 Å². The highest BCUT2D eigenvalue weighted by Gasteiger charge is 2.16. The summed E-state index contributed by atoms with van der Waals surface area (Å²) in [7, 11) is 1.63. The normalized spacial score (nSPS) is 11.3. The SMILES string of the molecule is COc1ccc2c(c1)nnc1c(C)nc(-c3ccccc3Cl)n12. The number of nitrogens with zero attached hydrogens (tertiary/aromatic N) is 4. The van der Waals surface area contributed by atoms with E-state index in [0.717, 1.165) is 39.5 Å². The molecule has 0 saturated carbocycles. The summed E-state index contributed by atoms with van der Waals surface area (Å²) in [6.45, 7) is 1.92. The Labute approximate surface area is 137 Å². The van der Waals surface area contributed by atoms with E-state index >= 15 is 0 Å². The lowest BCUT2D eigenvalue weighted by Crippen LogP contribution is -1.98. The van der Waals surface area contributed by atoms with Gasteiger partial charge in [0.05, 0.1) is 23.3 Å². The molecule has 5 nitrogen and oxygen atoms in total. The highest BCUT2D eigenvalue weighted by atomic mass is 35.5. The summed E-state index contributed by atoms with van der Waals surface area (Å²) in [6, 6.07) is 13.4. The lowest BCUT2D eigenvalue weighted by Gasteiger charge is -2.07. The predicted molar refractivity (Wildman–Crippen MR) is 90.0 cm³/mol. The molecule has 0 spiro atoms. The zero-order chi connectivity index (χ0) is 16.0. The molecule has 114 valence electrons. The molecule has 2 heterocycles. The maximum absolute atomic E-state index is 6.36. The van der Waals surface area contributed by atoms with Crippen LogP contribution < -0.4 is 4.74 Å². The van der Waals surface area contributed by atoms with Gasteiger partial charge < -0.3 is 4.74 Å². The van der Waals surface area contributed by atoms with Gasteiger partial charge in [0.1, 0.15) is 17.1 Å². The van der Waals surface area contributed by atoms with Gasteiger partial charge in [-0.05, 0) is 31.2 Å². The number of hydrogen-bond acceptors (Lipinski definition) is 4. The quantitative estimate of drug-likeness (QED) is 0.561. The van der Waals surface area contributed by atoms with Crippen molar-refractivity contribution in [2.45, 2.75) is 6.92 Å². The molecule has 4 aromatic rings. The largest absolute Gasteiger partial charge is 0.497 e. The van der Waals surface area contributed by atoms with Crippen molar-refractivity contribution in [1.82, 2.24) is 19.6 Å². The van der Waals surface area contributed by atoms with E-state index in [9.17, 15) is 0 Å². The maximum atomic E-state index is 6.36. The Hall–Kier alpha value is -2.66. The number of rotatable bonds is 2. The Kier molecular flexibility index (Phi) is 3.16. The van der Waals surface area contributed by atoms with E-state index in [1.807, 2.05) is 53.8 Å². The van der Waals surface area contributed by atoms with Crippen LogP contribution in [0.25, 0.3) is 28.1 Å².